The molecule has 0 atom stereocenters. The van der Waals surface area contributed by atoms with Crippen LogP contribution in [0.15, 0.2) is 69.6 Å². The van der Waals surface area contributed by atoms with Crippen LogP contribution < -0.4 is 5.32 Å². The van der Waals surface area contributed by atoms with Gasteiger partial charge in [0.2, 0.25) is 0 Å². The number of nitrogens with zero attached hydrogens (tertiary/aromatic N) is 6. The Morgan fingerprint density at radius 2 is 1.83 bits per heavy atom. The molecule has 0 unspecified atom stereocenters. The highest BCUT2D eigenvalue weighted by Crippen LogP contribution is 2.20. The number of azo groups is 1. The summed E-state index contributed by atoms with van der Waals surface area (Å²) in [5, 5.41) is 27.6. The number of carbonyl (C=O) groups is 1. The van der Waals surface area contributed by atoms with Crippen molar-refractivity contribution in [3.05, 3.63) is 49.1 Å². The molecule has 0 saturated heterocycles. The SMILES string of the molecule is C=C(N=Nc1ccc(N=NN(C)CC(=O)O)cc1)N(C)/C=C\[NH2+]C. The van der Waals surface area contributed by atoms with Crippen LogP contribution in [0.4, 0.5) is 11.4 Å². The topological polar surface area (TPSA) is 110 Å². The van der Waals surface area contributed by atoms with E-state index >= 15 is 0 Å². The lowest BCUT2D eigenvalue weighted by Gasteiger charge is -2.10. The van der Waals surface area contributed by atoms with Crippen molar-refractivity contribution in [2.24, 2.45) is 20.6 Å². The maximum Gasteiger partial charge on any atom is 0.324 e. The molecule has 0 spiro atoms. The van der Waals surface area contributed by atoms with Crippen LogP contribution in [0.5, 0.6) is 0 Å². The van der Waals surface area contributed by atoms with E-state index in [1.54, 1.807) is 29.2 Å². The molecule has 0 radical (unpaired) electrons. The third kappa shape index (κ3) is 7.27. The maximum absolute atomic E-state index is 10.5. The second-order valence-corrected chi connectivity index (χ2v) is 4.82. The van der Waals surface area contributed by atoms with Gasteiger partial charge in [-0.25, -0.2) is 0 Å². The number of carboxylic acids is 1. The second kappa shape index (κ2) is 9.85. The van der Waals surface area contributed by atoms with Gasteiger partial charge in [-0.2, -0.15) is 0 Å². The van der Waals surface area contributed by atoms with E-state index in [0.29, 0.717) is 17.2 Å². The van der Waals surface area contributed by atoms with Crippen molar-refractivity contribution in [2.75, 3.05) is 27.7 Å². The highest BCUT2D eigenvalue weighted by molar-refractivity contribution is 5.68. The first kappa shape index (κ1) is 19.0. The molecule has 24 heavy (non-hydrogen) atoms. The fourth-order valence-corrected chi connectivity index (χ4v) is 1.43. The van der Waals surface area contributed by atoms with Gasteiger partial charge in [0.25, 0.3) is 0 Å². The number of aliphatic carboxylic acids is 1. The molecule has 1 aromatic rings. The van der Waals surface area contributed by atoms with E-state index in [0.717, 1.165) is 0 Å². The van der Waals surface area contributed by atoms with Crippen LogP contribution in [-0.2, 0) is 4.79 Å². The highest BCUT2D eigenvalue weighted by atomic mass is 16.4. The second-order valence-electron chi connectivity index (χ2n) is 4.82. The Morgan fingerprint density at radius 1 is 1.25 bits per heavy atom. The number of hydrogen-bond acceptors (Lipinski definition) is 6. The molecular weight excluding hydrogens is 310 g/mol. The van der Waals surface area contributed by atoms with Crippen molar-refractivity contribution in [2.45, 2.75) is 0 Å². The summed E-state index contributed by atoms with van der Waals surface area (Å²) in [5.41, 5.74) is 1.23. The first-order valence-electron chi connectivity index (χ1n) is 7.16. The maximum atomic E-state index is 10.5. The Morgan fingerprint density at radius 3 is 2.38 bits per heavy atom. The molecular formula is C15H22N7O2+. The predicted molar refractivity (Wildman–Crippen MR) is 89.6 cm³/mol. The van der Waals surface area contributed by atoms with E-state index in [1.807, 2.05) is 31.8 Å². The fourth-order valence-electron chi connectivity index (χ4n) is 1.43. The number of likely N-dealkylation sites (N-methyl/N-ethyl adjacent to an activating group) is 1. The molecule has 9 nitrogen and oxygen atoms in total. The van der Waals surface area contributed by atoms with E-state index in [1.165, 1.54) is 12.1 Å². The monoisotopic (exact) mass is 332 g/mol. The van der Waals surface area contributed by atoms with Crippen LogP contribution in [0.2, 0.25) is 0 Å². The molecule has 0 aliphatic rings. The zero-order valence-corrected chi connectivity index (χ0v) is 14.0. The summed E-state index contributed by atoms with van der Waals surface area (Å²) in [6, 6.07) is 6.89. The van der Waals surface area contributed by atoms with Crippen molar-refractivity contribution >= 4 is 17.3 Å². The molecule has 0 fully saturated rings. The minimum Gasteiger partial charge on any atom is -0.480 e. The van der Waals surface area contributed by atoms with E-state index in [-0.39, 0.29) is 6.54 Å². The van der Waals surface area contributed by atoms with Crippen molar-refractivity contribution in [3.8, 4) is 0 Å². The molecule has 0 aliphatic carbocycles. The average molecular weight is 332 g/mol. The zero-order chi connectivity index (χ0) is 17.9. The predicted octanol–water partition coefficient (Wildman–Crippen LogP) is 1.85. The van der Waals surface area contributed by atoms with Crippen molar-refractivity contribution in [3.63, 3.8) is 0 Å². The Hall–Kier alpha value is -3.07. The molecule has 1 aromatic carbocycles. The summed E-state index contributed by atoms with van der Waals surface area (Å²) >= 11 is 0. The first-order chi connectivity index (χ1) is 11.4. The zero-order valence-electron chi connectivity index (χ0n) is 14.0. The van der Waals surface area contributed by atoms with Crippen LogP contribution in [0.1, 0.15) is 0 Å². The Kier molecular flexibility index (Phi) is 7.79. The van der Waals surface area contributed by atoms with Gasteiger partial charge >= 0.3 is 5.97 Å². The molecule has 0 aromatic heterocycles. The molecule has 0 heterocycles. The summed E-state index contributed by atoms with van der Waals surface area (Å²) in [5.74, 6) is -0.462. The minimum absolute atomic E-state index is 0.213. The molecule has 0 bridgehead atoms. The highest BCUT2D eigenvalue weighted by Gasteiger charge is 2.01. The summed E-state index contributed by atoms with van der Waals surface area (Å²) < 4.78 is 0. The van der Waals surface area contributed by atoms with E-state index in [2.05, 4.69) is 27.1 Å². The number of hydrogen-bond donors (Lipinski definition) is 2. The van der Waals surface area contributed by atoms with Crippen LogP contribution >= 0.6 is 0 Å². The number of quaternary nitrogens is 1. The molecule has 128 valence electrons. The Labute approximate surface area is 140 Å². The molecule has 3 N–H and O–H groups in total. The Balaban J connectivity index is 2.63. The van der Waals surface area contributed by atoms with Crippen molar-refractivity contribution in [1.82, 2.24) is 9.91 Å². The van der Waals surface area contributed by atoms with Crippen LogP contribution in [-0.4, -0.2) is 48.7 Å². The van der Waals surface area contributed by atoms with Gasteiger partial charge < -0.3 is 15.3 Å². The van der Waals surface area contributed by atoms with Gasteiger partial charge in [0.1, 0.15) is 18.6 Å². The third-order valence-electron chi connectivity index (χ3n) is 2.72. The lowest BCUT2D eigenvalue weighted by molar-refractivity contribution is -0.557. The summed E-state index contributed by atoms with van der Waals surface area (Å²) in [4.78, 5) is 12.3. The van der Waals surface area contributed by atoms with E-state index < -0.39 is 5.97 Å². The number of nitrogens with two attached hydrogens (primary N) is 1. The first-order valence-corrected chi connectivity index (χ1v) is 7.16. The van der Waals surface area contributed by atoms with Gasteiger partial charge in [-0.15, -0.1) is 15.3 Å². The lowest BCUT2D eigenvalue weighted by atomic mass is 10.3. The van der Waals surface area contributed by atoms with Gasteiger partial charge in [0, 0.05) is 14.1 Å². The van der Waals surface area contributed by atoms with E-state index in [9.17, 15) is 4.79 Å². The summed E-state index contributed by atoms with van der Waals surface area (Å²) in [7, 11) is 5.29. The van der Waals surface area contributed by atoms with E-state index in [4.69, 9.17) is 5.11 Å². The summed E-state index contributed by atoms with van der Waals surface area (Å²) in [6.07, 6.45) is 3.71. The molecule has 1 rings (SSSR count). The van der Waals surface area contributed by atoms with Crippen molar-refractivity contribution in [1.29, 1.82) is 0 Å². The third-order valence-corrected chi connectivity index (χ3v) is 2.72. The molecule has 0 aliphatic heterocycles. The smallest absolute Gasteiger partial charge is 0.324 e. The standard InChI is InChI=1S/C15H21N7O2/c1-12(21(3)10-9-16-2)17-18-13-5-7-14(8-6-13)19-20-22(4)11-15(23)24/h5-10,16H,1,11H2,2-4H3,(H,23,24)/p+1/b10-9-,18-17?,20-19?. The largest absolute Gasteiger partial charge is 0.480 e. The van der Waals surface area contributed by atoms with Crippen molar-refractivity contribution < 1.29 is 15.2 Å². The number of rotatable bonds is 9. The molecule has 9 heteroatoms. The van der Waals surface area contributed by atoms with Crippen LogP contribution in [0.3, 0.4) is 0 Å². The summed E-state index contributed by atoms with van der Waals surface area (Å²) in [6.45, 7) is 3.61. The lowest BCUT2D eigenvalue weighted by Crippen LogP contribution is -2.72. The van der Waals surface area contributed by atoms with Gasteiger partial charge in [-0.05, 0) is 24.3 Å². The normalized spacial score (nSPS) is 11.5. The van der Waals surface area contributed by atoms with Crippen LogP contribution in [0, 0.1) is 0 Å². The average Bonchev–Trinajstić information content (AvgIpc) is 2.55. The minimum atomic E-state index is -0.968. The quantitative estimate of drug-likeness (QED) is 0.531. The molecule has 0 amide bonds. The van der Waals surface area contributed by atoms with Gasteiger partial charge in [-0.1, -0.05) is 11.8 Å². The molecule has 0 saturated carbocycles. The number of benzene rings is 1. The Bertz CT molecular complexity index is 638. The number of carboxylic acid groups (broad SMARTS) is 1. The van der Waals surface area contributed by atoms with Gasteiger partial charge in [0.05, 0.1) is 24.6 Å². The van der Waals surface area contributed by atoms with Gasteiger partial charge in [0.15, 0.2) is 0 Å². The fraction of sp³-hybridized carbons (Fsp3) is 0.267. The van der Waals surface area contributed by atoms with Crippen LogP contribution in [0.25, 0.3) is 0 Å². The van der Waals surface area contributed by atoms with Gasteiger partial charge in [-0.3, -0.25) is 9.80 Å².